The molecule has 0 radical (unpaired) electrons. The zero-order valence-corrected chi connectivity index (χ0v) is 15.1. The number of fused-ring (bicyclic) bond motifs is 1. The van der Waals surface area contributed by atoms with Crippen LogP contribution in [0.15, 0.2) is 70.4 Å². The topological polar surface area (TPSA) is 89.6 Å². The molecule has 3 rings (SSSR count). The first-order valence-corrected chi connectivity index (χ1v) is 8.66. The first-order chi connectivity index (χ1) is 13.2. The molecule has 0 heterocycles. The molecule has 0 saturated carbocycles. The number of carbonyl (C=O) groups excluding carboxylic acids is 1. The summed E-state index contributed by atoms with van der Waals surface area (Å²) in [5.41, 5.74) is 8.29. The molecule has 7 heteroatoms. The highest BCUT2D eigenvalue weighted by molar-refractivity contribution is 6.51. The third kappa shape index (κ3) is 4.60. The van der Waals surface area contributed by atoms with Gasteiger partial charge in [0.05, 0.1) is 16.9 Å². The predicted octanol–water partition coefficient (Wildman–Crippen LogP) is 3.68. The van der Waals surface area contributed by atoms with Gasteiger partial charge < -0.3 is 0 Å². The van der Waals surface area contributed by atoms with E-state index in [9.17, 15) is 4.79 Å². The van der Waals surface area contributed by atoms with Crippen molar-refractivity contribution in [2.45, 2.75) is 12.8 Å². The molecule has 6 nitrogen and oxygen atoms in total. The SMILES string of the molecule is N#C/C(=N\Nc1ccccc1)C(=O)N/N=C/C1=C(Cl)c2ccccc2CC1. The van der Waals surface area contributed by atoms with E-state index in [1.165, 1.54) is 11.8 Å². The van der Waals surface area contributed by atoms with Gasteiger partial charge in [0.15, 0.2) is 0 Å². The second-order valence-electron chi connectivity index (χ2n) is 5.75. The van der Waals surface area contributed by atoms with E-state index in [-0.39, 0.29) is 5.71 Å². The van der Waals surface area contributed by atoms with Gasteiger partial charge in [-0.1, -0.05) is 54.1 Å². The first kappa shape index (κ1) is 18.4. The Morgan fingerprint density at radius 1 is 1.11 bits per heavy atom. The van der Waals surface area contributed by atoms with Crippen molar-refractivity contribution in [3.05, 3.63) is 71.3 Å². The van der Waals surface area contributed by atoms with Crippen molar-refractivity contribution < 1.29 is 4.79 Å². The summed E-state index contributed by atoms with van der Waals surface area (Å²) in [7, 11) is 0. The van der Waals surface area contributed by atoms with E-state index >= 15 is 0 Å². The maximum Gasteiger partial charge on any atom is 0.302 e. The standard InChI is InChI=1S/C20H16ClN5O/c21-19-15(11-10-14-6-4-5-9-17(14)19)13-23-26-20(27)18(12-22)25-24-16-7-2-1-3-8-16/h1-9,13,24H,10-11H2,(H,26,27)/b23-13+,25-18+. The summed E-state index contributed by atoms with van der Waals surface area (Å²) < 4.78 is 0. The predicted molar refractivity (Wildman–Crippen MR) is 107 cm³/mol. The average molecular weight is 378 g/mol. The van der Waals surface area contributed by atoms with Crippen molar-refractivity contribution in [1.82, 2.24) is 5.43 Å². The third-order valence-corrected chi connectivity index (χ3v) is 4.42. The lowest BCUT2D eigenvalue weighted by atomic mass is 9.92. The highest BCUT2D eigenvalue weighted by atomic mass is 35.5. The molecule has 2 aromatic carbocycles. The highest BCUT2D eigenvalue weighted by Gasteiger charge is 2.16. The van der Waals surface area contributed by atoms with Crippen LogP contribution in [0.3, 0.4) is 0 Å². The lowest BCUT2D eigenvalue weighted by molar-refractivity contribution is -0.114. The zero-order valence-electron chi connectivity index (χ0n) is 14.3. The van der Waals surface area contributed by atoms with Gasteiger partial charge in [-0.2, -0.15) is 15.5 Å². The van der Waals surface area contributed by atoms with Crippen LogP contribution in [0.4, 0.5) is 5.69 Å². The molecule has 0 saturated heterocycles. The number of carbonyl (C=O) groups is 1. The van der Waals surface area contributed by atoms with E-state index in [1.54, 1.807) is 18.2 Å². The number of hydrogen-bond acceptors (Lipinski definition) is 5. The Hall–Kier alpha value is -3.43. The third-order valence-electron chi connectivity index (χ3n) is 3.98. The van der Waals surface area contributed by atoms with Gasteiger partial charge in [0, 0.05) is 0 Å². The lowest BCUT2D eigenvalue weighted by Crippen LogP contribution is -2.27. The number of nitriles is 1. The molecule has 0 bridgehead atoms. The molecular formula is C20H16ClN5O. The Morgan fingerprint density at radius 2 is 1.85 bits per heavy atom. The number of nitrogens with zero attached hydrogens (tertiary/aromatic N) is 3. The maximum atomic E-state index is 12.0. The fourth-order valence-corrected chi connectivity index (χ4v) is 2.93. The fraction of sp³-hybridized carbons (Fsp3) is 0.100. The van der Waals surface area contributed by atoms with Crippen LogP contribution in [0.2, 0.25) is 0 Å². The molecule has 0 atom stereocenters. The number of rotatable bonds is 5. The minimum atomic E-state index is -0.704. The molecule has 1 amide bonds. The van der Waals surface area contributed by atoms with Crippen molar-refractivity contribution >= 4 is 40.2 Å². The van der Waals surface area contributed by atoms with Gasteiger partial charge in [-0.3, -0.25) is 10.2 Å². The largest absolute Gasteiger partial charge is 0.302 e. The Kier molecular flexibility index (Phi) is 5.98. The van der Waals surface area contributed by atoms with Crippen molar-refractivity contribution in [3.8, 4) is 6.07 Å². The lowest BCUT2D eigenvalue weighted by Gasteiger charge is -2.17. The highest BCUT2D eigenvalue weighted by Crippen LogP contribution is 2.32. The van der Waals surface area contributed by atoms with Gasteiger partial charge in [0.25, 0.3) is 0 Å². The van der Waals surface area contributed by atoms with Crippen molar-refractivity contribution in [2.75, 3.05) is 5.43 Å². The number of hydrogen-bond donors (Lipinski definition) is 2. The van der Waals surface area contributed by atoms with Crippen LogP contribution in [-0.2, 0) is 11.2 Å². The normalized spacial score (nSPS) is 13.9. The number of aryl methyl sites for hydroxylation is 1. The molecule has 0 aromatic heterocycles. The van der Waals surface area contributed by atoms with Crippen LogP contribution >= 0.6 is 11.6 Å². The van der Waals surface area contributed by atoms with E-state index in [1.807, 2.05) is 42.5 Å². The molecule has 0 aliphatic heterocycles. The maximum absolute atomic E-state index is 12.0. The molecular weight excluding hydrogens is 362 g/mol. The molecule has 27 heavy (non-hydrogen) atoms. The van der Waals surface area contributed by atoms with Crippen LogP contribution in [0.5, 0.6) is 0 Å². The van der Waals surface area contributed by atoms with Crippen LogP contribution in [-0.4, -0.2) is 17.8 Å². The number of allylic oxidation sites excluding steroid dienone is 1. The Morgan fingerprint density at radius 3 is 2.63 bits per heavy atom. The quantitative estimate of drug-likeness (QED) is 0.615. The average Bonchev–Trinajstić information content (AvgIpc) is 2.71. The number of para-hydroxylation sites is 1. The molecule has 134 valence electrons. The van der Waals surface area contributed by atoms with Gasteiger partial charge in [-0.05, 0) is 41.7 Å². The summed E-state index contributed by atoms with van der Waals surface area (Å²) >= 11 is 6.43. The zero-order chi connectivity index (χ0) is 19.1. The number of nitrogens with one attached hydrogen (secondary N) is 2. The Labute approximate surface area is 161 Å². The molecule has 0 fully saturated rings. The minimum absolute atomic E-state index is 0.329. The molecule has 1 aliphatic carbocycles. The summed E-state index contributed by atoms with van der Waals surface area (Å²) in [6, 6.07) is 18.7. The van der Waals surface area contributed by atoms with Crippen molar-refractivity contribution in [2.24, 2.45) is 10.2 Å². The van der Waals surface area contributed by atoms with Gasteiger partial charge >= 0.3 is 5.91 Å². The fourth-order valence-electron chi connectivity index (χ4n) is 2.61. The smallest absolute Gasteiger partial charge is 0.277 e. The van der Waals surface area contributed by atoms with Gasteiger partial charge in [0.2, 0.25) is 5.71 Å². The van der Waals surface area contributed by atoms with Crippen LogP contribution in [0.25, 0.3) is 5.03 Å². The summed E-state index contributed by atoms with van der Waals surface area (Å²) in [6.07, 6.45) is 3.09. The number of anilines is 1. The van der Waals surface area contributed by atoms with Crippen LogP contribution in [0.1, 0.15) is 17.5 Å². The van der Waals surface area contributed by atoms with E-state index in [0.717, 1.165) is 24.0 Å². The van der Waals surface area contributed by atoms with Gasteiger partial charge in [-0.25, -0.2) is 5.43 Å². The van der Waals surface area contributed by atoms with Crippen molar-refractivity contribution in [3.63, 3.8) is 0 Å². The van der Waals surface area contributed by atoms with Crippen LogP contribution in [0, 0.1) is 11.3 Å². The van der Waals surface area contributed by atoms with Gasteiger partial charge in [-0.15, -0.1) is 0 Å². The minimum Gasteiger partial charge on any atom is -0.277 e. The second kappa shape index (κ2) is 8.79. The molecule has 0 spiro atoms. The number of halogens is 1. The van der Waals surface area contributed by atoms with E-state index in [2.05, 4.69) is 21.1 Å². The molecule has 1 aliphatic rings. The van der Waals surface area contributed by atoms with Crippen molar-refractivity contribution in [1.29, 1.82) is 5.26 Å². The van der Waals surface area contributed by atoms with E-state index < -0.39 is 5.91 Å². The summed E-state index contributed by atoms with van der Waals surface area (Å²) in [5, 5.41) is 17.4. The molecule has 2 aromatic rings. The number of hydrazone groups is 2. The monoisotopic (exact) mass is 377 g/mol. The van der Waals surface area contributed by atoms with Crippen LogP contribution < -0.4 is 10.9 Å². The summed E-state index contributed by atoms with van der Waals surface area (Å²) in [4.78, 5) is 12.0. The van der Waals surface area contributed by atoms with E-state index in [0.29, 0.717) is 10.7 Å². The summed E-state index contributed by atoms with van der Waals surface area (Å²) in [5.74, 6) is -0.704. The summed E-state index contributed by atoms with van der Waals surface area (Å²) in [6.45, 7) is 0. The number of amides is 1. The second-order valence-corrected chi connectivity index (χ2v) is 6.12. The molecule has 2 N–H and O–H groups in total. The first-order valence-electron chi connectivity index (χ1n) is 8.28. The van der Waals surface area contributed by atoms with Gasteiger partial charge in [0.1, 0.15) is 6.07 Å². The van der Waals surface area contributed by atoms with E-state index in [4.69, 9.17) is 16.9 Å². The molecule has 0 unspecified atom stereocenters. The Balaban J connectivity index is 1.65. The number of benzene rings is 2. The Bertz CT molecular complexity index is 973.